The molecule has 0 fully saturated rings. The molecule has 7 heteroatoms. The largest absolute Gasteiger partial charge is 0.478 e. The molecule has 2 N–H and O–H groups in total. The summed E-state index contributed by atoms with van der Waals surface area (Å²) >= 11 is 0. The standard InChI is InChI=1S/C8H6O4.2ClH.H2S/c9-7(10)5-3-1-2-4-6(5)8(11)12;;;/h1-4H,(H,9,10)(H,11,12);2*1H;1H2. The van der Waals surface area contributed by atoms with E-state index in [0.29, 0.717) is 0 Å². The van der Waals surface area contributed by atoms with E-state index in [2.05, 4.69) is 0 Å². The van der Waals surface area contributed by atoms with E-state index in [9.17, 15) is 9.59 Å². The zero-order valence-corrected chi connectivity index (χ0v) is 9.97. The van der Waals surface area contributed by atoms with Crippen molar-refractivity contribution in [1.82, 2.24) is 0 Å². The molecule has 0 aliphatic heterocycles. The molecule has 0 unspecified atom stereocenters. The van der Waals surface area contributed by atoms with Crippen molar-refractivity contribution in [1.29, 1.82) is 0 Å². The molecule has 0 aromatic heterocycles. The van der Waals surface area contributed by atoms with Crippen LogP contribution in [0.25, 0.3) is 0 Å². The van der Waals surface area contributed by atoms with E-state index >= 15 is 0 Å². The minimum Gasteiger partial charge on any atom is -0.478 e. The fourth-order valence-electron chi connectivity index (χ4n) is 0.856. The van der Waals surface area contributed by atoms with Crippen molar-refractivity contribution in [3.8, 4) is 0 Å². The van der Waals surface area contributed by atoms with Gasteiger partial charge in [0.25, 0.3) is 0 Å². The van der Waals surface area contributed by atoms with Crippen LogP contribution in [0.5, 0.6) is 0 Å². The van der Waals surface area contributed by atoms with Gasteiger partial charge < -0.3 is 10.2 Å². The van der Waals surface area contributed by atoms with Gasteiger partial charge in [0.2, 0.25) is 0 Å². The SMILES string of the molecule is Cl.Cl.O=C(O)c1ccccc1C(=O)O.S. The molecule has 15 heavy (non-hydrogen) atoms. The first-order chi connectivity index (χ1) is 5.63. The van der Waals surface area contributed by atoms with E-state index in [0.717, 1.165) is 0 Å². The predicted octanol–water partition coefficient (Wildman–Crippen LogP) is 2.04. The number of halogens is 2. The van der Waals surface area contributed by atoms with Gasteiger partial charge in [0.05, 0.1) is 11.1 Å². The van der Waals surface area contributed by atoms with Gasteiger partial charge in [-0.05, 0) is 12.1 Å². The smallest absolute Gasteiger partial charge is 0.336 e. The van der Waals surface area contributed by atoms with Crippen LogP contribution in [0, 0.1) is 0 Å². The fourth-order valence-corrected chi connectivity index (χ4v) is 0.856. The molecule has 0 heterocycles. The van der Waals surface area contributed by atoms with Crippen molar-refractivity contribution in [3.63, 3.8) is 0 Å². The van der Waals surface area contributed by atoms with Gasteiger partial charge in [0, 0.05) is 0 Å². The first kappa shape index (κ1) is 19.6. The highest BCUT2D eigenvalue weighted by Gasteiger charge is 2.13. The maximum absolute atomic E-state index is 10.5. The second-order valence-corrected chi connectivity index (χ2v) is 2.16. The Morgan fingerprint density at radius 2 is 1.13 bits per heavy atom. The van der Waals surface area contributed by atoms with Crippen LogP contribution < -0.4 is 0 Å². The van der Waals surface area contributed by atoms with Crippen LogP contribution >= 0.6 is 38.3 Å². The third kappa shape index (κ3) is 4.92. The first-order valence-corrected chi connectivity index (χ1v) is 3.18. The van der Waals surface area contributed by atoms with Crippen LogP contribution in [0.4, 0.5) is 0 Å². The van der Waals surface area contributed by atoms with Crippen molar-refractivity contribution in [2.24, 2.45) is 0 Å². The summed E-state index contributed by atoms with van der Waals surface area (Å²) in [6, 6.07) is 5.48. The van der Waals surface area contributed by atoms with E-state index in [1.54, 1.807) is 0 Å². The van der Waals surface area contributed by atoms with Crippen LogP contribution in [0.2, 0.25) is 0 Å². The Hall–Kier alpha value is -0.910. The summed E-state index contributed by atoms with van der Waals surface area (Å²) in [6.45, 7) is 0. The van der Waals surface area contributed by atoms with Crippen molar-refractivity contribution < 1.29 is 19.8 Å². The lowest BCUT2D eigenvalue weighted by molar-refractivity contribution is 0.0651. The minimum atomic E-state index is -1.23. The highest BCUT2D eigenvalue weighted by atomic mass is 35.5. The summed E-state index contributed by atoms with van der Waals surface area (Å²) in [6.07, 6.45) is 0. The lowest BCUT2D eigenvalue weighted by Gasteiger charge is -1.98. The van der Waals surface area contributed by atoms with Crippen LogP contribution in [-0.2, 0) is 0 Å². The van der Waals surface area contributed by atoms with Crippen molar-refractivity contribution >= 4 is 50.2 Å². The average molecular weight is 273 g/mol. The quantitative estimate of drug-likeness (QED) is 0.864. The molecule has 1 aromatic carbocycles. The van der Waals surface area contributed by atoms with Crippen LogP contribution in [0.3, 0.4) is 0 Å². The summed E-state index contributed by atoms with van der Waals surface area (Å²) in [7, 11) is 0. The normalized spacial score (nSPS) is 7.47. The van der Waals surface area contributed by atoms with Gasteiger partial charge in [-0.15, -0.1) is 24.8 Å². The van der Waals surface area contributed by atoms with Crippen molar-refractivity contribution in [2.45, 2.75) is 0 Å². The molecular weight excluding hydrogens is 263 g/mol. The Labute approximate surface area is 106 Å². The Morgan fingerprint density at radius 1 is 0.867 bits per heavy atom. The summed E-state index contributed by atoms with van der Waals surface area (Å²) in [5.41, 5.74) is -0.380. The Bertz CT molecular complexity index is 310. The molecule has 0 radical (unpaired) electrons. The lowest BCUT2D eigenvalue weighted by atomic mass is 10.1. The Morgan fingerprint density at radius 3 is 1.33 bits per heavy atom. The van der Waals surface area contributed by atoms with E-state index in [-0.39, 0.29) is 49.4 Å². The fraction of sp³-hybridized carbons (Fsp3) is 0. The Balaban J connectivity index is -0.000000480. The number of carboxylic acid groups (broad SMARTS) is 2. The number of hydrogen-bond acceptors (Lipinski definition) is 2. The molecule has 0 saturated carbocycles. The molecule has 0 aliphatic carbocycles. The van der Waals surface area contributed by atoms with Crippen molar-refractivity contribution in [2.75, 3.05) is 0 Å². The predicted molar refractivity (Wildman–Crippen MR) is 65.2 cm³/mol. The number of carboxylic acids is 2. The number of benzene rings is 1. The zero-order chi connectivity index (χ0) is 9.14. The van der Waals surface area contributed by atoms with Crippen LogP contribution in [0.1, 0.15) is 20.7 Å². The van der Waals surface area contributed by atoms with E-state index in [1.807, 2.05) is 0 Å². The summed E-state index contributed by atoms with van der Waals surface area (Å²) < 4.78 is 0. The summed E-state index contributed by atoms with van der Waals surface area (Å²) in [5, 5.41) is 17.1. The third-order valence-corrected chi connectivity index (χ3v) is 1.39. The van der Waals surface area contributed by atoms with E-state index in [1.165, 1.54) is 24.3 Å². The summed E-state index contributed by atoms with van der Waals surface area (Å²) in [4.78, 5) is 20.9. The number of carbonyl (C=O) groups is 2. The van der Waals surface area contributed by atoms with Crippen molar-refractivity contribution in [3.05, 3.63) is 35.4 Å². The van der Waals surface area contributed by atoms with Gasteiger partial charge in [0.1, 0.15) is 0 Å². The van der Waals surface area contributed by atoms with Gasteiger partial charge in [-0.3, -0.25) is 0 Å². The average Bonchev–Trinajstić information content (AvgIpc) is 2.04. The topological polar surface area (TPSA) is 74.6 Å². The van der Waals surface area contributed by atoms with Crippen LogP contribution in [-0.4, -0.2) is 22.2 Å². The van der Waals surface area contributed by atoms with E-state index in [4.69, 9.17) is 10.2 Å². The second kappa shape index (κ2) is 8.40. The molecule has 0 aliphatic rings. The highest BCUT2D eigenvalue weighted by Crippen LogP contribution is 2.07. The summed E-state index contributed by atoms with van der Waals surface area (Å²) in [5.74, 6) is -2.46. The molecule has 0 atom stereocenters. The minimum absolute atomic E-state index is 0. The number of hydrogen-bond donors (Lipinski definition) is 2. The Kier molecular flexibility index (Phi) is 11.0. The van der Waals surface area contributed by atoms with Gasteiger partial charge >= 0.3 is 11.9 Å². The first-order valence-electron chi connectivity index (χ1n) is 3.18. The maximum atomic E-state index is 10.5. The molecule has 4 nitrogen and oxygen atoms in total. The second-order valence-electron chi connectivity index (χ2n) is 2.16. The molecule has 0 bridgehead atoms. The molecular formula is C8H10Cl2O4S. The number of rotatable bonds is 2. The van der Waals surface area contributed by atoms with Crippen LogP contribution in [0.15, 0.2) is 24.3 Å². The zero-order valence-electron chi connectivity index (χ0n) is 7.34. The van der Waals surface area contributed by atoms with Gasteiger partial charge in [-0.1, -0.05) is 12.1 Å². The highest BCUT2D eigenvalue weighted by molar-refractivity contribution is 7.59. The van der Waals surface area contributed by atoms with E-state index < -0.39 is 11.9 Å². The molecule has 0 saturated heterocycles. The lowest BCUT2D eigenvalue weighted by Crippen LogP contribution is -2.06. The maximum Gasteiger partial charge on any atom is 0.336 e. The molecule has 0 spiro atoms. The molecule has 0 amide bonds. The molecule has 1 rings (SSSR count). The molecule has 1 aromatic rings. The van der Waals surface area contributed by atoms with Gasteiger partial charge in [0.15, 0.2) is 0 Å². The molecule has 86 valence electrons. The monoisotopic (exact) mass is 272 g/mol. The third-order valence-electron chi connectivity index (χ3n) is 1.39. The number of aromatic carboxylic acids is 2. The van der Waals surface area contributed by atoms with Gasteiger partial charge in [-0.2, -0.15) is 13.5 Å². The van der Waals surface area contributed by atoms with Gasteiger partial charge in [-0.25, -0.2) is 9.59 Å².